The van der Waals surface area contributed by atoms with Crippen LogP contribution in [0.5, 0.6) is 0 Å². The molecule has 11 heavy (non-hydrogen) atoms. The van der Waals surface area contributed by atoms with Crippen molar-refractivity contribution in [3.8, 4) is 6.07 Å². The molecule has 1 aliphatic rings. The Morgan fingerprint density at radius 1 is 1.64 bits per heavy atom. The molecule has 3 nitrogen and oxygen atoms in total. The molecule has 0 aromatic carbocycles. The number of hydrogen-bond acceptors (Lipinski definition) is 3. The van der Waals surface area contributed by atoms with Gasteiger partial charge in [-0.25, -0.2) is 0 Å². The topological polar surface area (TPSA) is 53.0 Å². The Labute approximate surface area is 67.8 Å². The van der Waals surface area contributed by atoms with Crippen molar-refractivity contribution in [3.63, 3.8) is 0 Å². The van der Waals surface area contributed by atoms with E-state index in [1.165, 1.54) is 0 Å². The van der Waals surface area contributed by atoms with Crippen LogP contribution < -0.4 is 5.73 Å². The minimum Gasteiger partial charge on any atom is -0.327 e. The lowest BCUT2D eigenvalue weighted by molar-refractivity contribution is 0.164. The molecule has 62 valence electrons. The smallest absolute Gasteiger partial charge is 0.0868 e. The van der Waals surface area contributed by atoms with E-state index < -0.39 is 0 Å². The van der Waals surface area contributed by atoms with E-state index in [1.807, 2.05) is 0 Å². The minimum absolute atomic E-state index is 0.277. The Morgan fingerprint density at radius 2 is 2.36 bits per heavy atom. The molecule has 0 aliphatic carbocycles. The summed E-state index contributed by atoms with van der Waals surface area (Å²) >= 11 is 0. The van der Waals surface area contributed by atoms with Crippen molar-refractivity contribution in [2.24, 2.45) is 5.73 Å². The lowest BCUT2D eigenvalue weighted by Crippen LogP contribution is -2.47. The highest BCUT2D eigenvalue weighted by molar-refractivity contribution is 4.86. The third-order valence-electron chi connectivity index (χ3n) is 2.32. The molecule has 1 heterocycles. The van der Waals surface area contributed by atoms with Crippen molar-refractivity contribution in [3.05, 3.63) is 0 Å². The molecule has 3 heteroatoms. The molecule has 0 amide bonds. The highest BCUT2D eigenvalue weighted by atomic mass is 15.2. The number of nitrogens with zero attached hydrogens (tertiary/aromatic N) is 2. The lowest BCUT2D eigenvalue weighted by atomic mass is 10.0. The molecule has 0 spiro atoms. The second kappa shape index (κ2) is 3.70. The predicted octanol–water partition coefficient (Wildman–Crippen LogP) is 0.322. The van der Waals surface area contributed by atoms with E-state index in [2.05, 4.69) is 17.9 Å². The molecule has 0 aromatic rings. The van der Waals surface area contributed by atoms with Crippen LogP contribution in [0, 0.1) is 11.3 Å². The fourth-order valence-corrected chi connectivity index (χ4v) is 1.52. The second-order valence-corrected chi connectivity index (χ2v) is 3.27. The summed E-state index contributed by atoms with van der Waals surface area (Å²) in [7, 11) is 0. The van der Waals surface area contributed by atoms with Gasteiger partial charge in [0.1, 0.15) is 0 Å². The van der Waals surface area contributed by atoms with Gasteiger partial charge in [0.15, 0.2) is 0 Å². The molecule has 1 aliphatic heterocycles. The molecule has 2 atom stereocenters. The highest BCUT2D eigenvalue weighted by Crippen LogP contribution is 2.14. The molecule has 1 saturated heterocycles. The molecular weight excluding hydrogens is 138 g/mol. The predicted molar refractivity (Wildman–Crippen MR) is 43.9 cm³/mol. The monoisotopic (exact) mass is 153 g/mol. The van der Waals surface area contributed by atoms with Crippen LogP contribution in [0.1, 0.15) is 19.8 Å². The van der Waals surface area contributed by atoms with Gasteiger partial charge in [-0.3, -0.25) is 4.90 Å². The van der Waals surface area contributed by atoms with Gasteiger partial charge < -0.3 is 5.73 Å². The van der Waals surface area contributed by atoms with Crippen LogP contribution in [0.4, 0.5) is 0 Å². The molecule has 1 fully saturated rings. The molecule has 0 bridgehead atoms. The number of likely N-dealkylation sites (tertiary alicyclic amines) is 1. The third-order valence-corrected chi connectivity index (χ3v) is 2.32. The van der Waals surface area contributed by atoms with Crippen LogP contribution in [0.2, 0.25) is 0 Å². The van der Waals surface area contributed by atoms with Crippen molar-refractivity contribution < 1.29 is 0 Å². The van der Waals surface area contributed by atoms with Crippen LogP contribution in [0.3, 0.4) is 0 Å². The van der Waals surface area contributed by atoms with Crippen molar-refractivity contribution in [2.45, 2.75) is 31.8 Å². The number of hydrogen-bond donors (Lipinski definition) is 1. The lowest BCUT2D eigenvalue weighted by Gasteiger charge is -2.34. The van der Waals surface area contributed by atoms with E-state index in [0.717, 1.165) is 19.4 Å². The maximum absolute atomic E-state index is 8.49. The summed E-state index contributed by atoms with van der Waals surface area (Å²) in [5, 5.41) is 8.49. The summed E-state index contributed by atoms with van der Waals surface area (Å²) in [6, 6.07) is 2.97. The van der Waals surface area contributed by atoms with Crippen molar-refractivity contribution in [2.75, 3.05) is 13.1 Å². The summed E-state index contributed by atoms with van der Waals surface area (Å²) < 4.78 is 0. The largest absolute Gasteiger partial charge is 0.327 e. The molecule has 0 aromatic heterocycles. The third kappa shape index (κ3) is 2.18. The summed E-state index contributed by atoms with van der Waals surface area (Å²) in [5.41, 5.74) is 5.77. The molecule has 1 rings (SSSR count). The fourth-order valence-electron chi connectivity index (χ4n) is 1.52. The van der Waals surface area contributed by atoms with E-state index in [9.17, 15) is 0 Å². The zero-order valence-electron chi connectivity index (χ0n) is 6.95. The first-order chi connectivity index (χ1) is 5.24. The van der Waals surface area contributed by atoms with Crippen molar-refractivity contribution >= 4 is 0 Å². The maximum Gasteiger partial charge on any atom is 0.0868 e. The van der Waals surface area contributed by atoms with Gasteiger partial charge in [-0.2, -0.15) is 5.26 Å². The maximum atomic E-state index is 8.49. The Hall–Kier alpha value is -0.590. The van der Waals surface area contributed by atoms with E-state index in [0.29, 0.717) is 12.6 Å². The van der Waals surface area contributed by atoms with E-state index in [4.69, 9.17) is 11.0 Å². The Kier molecular flexibility index (Phi) is 2.86. The van der Waals surface area contributed by atoms with E-state index in [-0.39, 0.29) is 6.04 Å². The van der Waals surface area contributed by atoms with Gasteiger partial charge in [-0.15, -0.1) is 0 Å². The summed E-state index contributed by atoms with van der Waals surface area (Å²) in [6.07, 6.45) is 2.23. The Morgan fingerprint density at radius 3 is 3.00 bits per heavy atom. The van der Waals surface area contributed by atoms with Gasteiger partial charge in [-0.05, 0) is 19.8 Å². The molecule has 2 unspecified atom stereocenters. The number of nitrogens with two attached hydrogens (primary N) is 1. The molecule has 0 radical (unpaired) electrons. The molecule has 2 N–H and O–H groups in total. The minimum atomic E-state index is 0.277. The molecule has 0 saturated carbocycles. The van der Waals surface area contributed by atoms with Gasteiger partial charge in [-0.1, -0.05) is 0 Å². The summed E-state index contributed by atoms with van der Waals surface area (Å²) in [6.45, 7) is 3.56. The van der Waals surface area contributed by atoms with Crippen molar-refractivity contribution in [1.82, 2.24) is 4.90 Å². The van der Waals surface area contributed by atoms with Crippen LogP contribution in [-0.4, -0.2) is 30.1 Å². The van der Waals surface area contributed by atoms with Crippen LogP contribution in [-0.2, 0) is 0 Å². The van der Waals surface area contributed by atoms with E-state index >= 15 is 0 Å². The SMILES string of the molecule is CC1CCC(N)CN1CC#N. The number of nitriles is 1. The zero-order chi connectivity index (χ0) is 8.27. The number of rotatable bonds is 1. The summed E-state index contributed by atoms with van der Waals surface area (Å²) in [5.74, 6) is 0. The average molecular weight is 153 g/mol. The highest BCUT2D eigenvalue weighted by Gasteiger charge is 2.22. The van der Waals surface area contributed by atoms with Gasteiger partial charge in [0.05, 0.1) is 12.6 Å². The standard InChI is InChI=1S/C8H15N3/c1-7-2-3-8(10)6-11(7)5-4-9/h7-8H,2-3,5-6,10H2,1H3. The van der Waals surface area contributed by atoms with Crippen molar-refractivity contribution in [1.29, 1.82) is 5.26 Å². The average Bonchev–Trinajstić information content (AvgIpc) is 1.98. The van der Waals surface area contributed by atoms with E-state index in [1.54, 1.807) is 0 Å². The quantitative estimate of drug-likeness (QED) is 0.552. The first kappa shape index (κ1) is 8.51. The normalized spacial score (nSPS) is 33.2. The van der Waals surface area contributed by atoms with Gasteiger partial charge in [0.25, 0.3) is 0 Å². The van der Waals surface area contributed by atoms with Crippen LogP contribution in [0.15, 0.2) is 0 Å². The van der Waals surface area contributed by atoms with Gasteiger partial charge in [0.2, 0.25) is 0 Å². The molecular formula is C8H15N3. The number of piperidine rings is 1. The Balaban J connectivity index is 2.42. The first-order valence-electron chi connectivity index (χ1n) is 4.10. The first-order valence-corrected chi connectivity index (χ1v) is 4.10. The van der Waals surface area contributed by atoms with Crippen LogP contribution in [0.25, 0.3) is 0 Å². The zero-order valence-corrected chi connectivity index (χ0v) is 6.95. The second-order valence-electron chi connectivity index (χ2n) is 3.27. The van der Waals surface area contributed by atoms with Gasteiger partial charge >= 0.3 is 0 Å². The Bertz CT molecular complexity index is 161. The summed E-state index contributed by atoms with van der Waals surface area (Å²) in [4.78, 5) is 2.15. The fraction of sp³-hybridized carbons (Fsp3) is 0.875. The van der Waals surface area contributed by atoms with Gasteiger partial charge in [0, 0.05) is 18.6 Å². The van der Waals surface area contributed by atoms with Crippen LogP contribution >= 0.6 is 0 Å².